The molecule has 0 spiro atoms. The Balaban J connectivity index is 1.92. The molecular formula is C35H45SiZr. The second kappa shape index (κ2) is 10.8. The topological polar surface area (TPSA) is 0 Å². The van der Waals surface area contributed by atoms with Crippen molar-refractivity contribution in [2.24, 2.45) is 0 Å². The van der Waals surface area contributed by atoms with Crippen LogP contribution in [-0.4, -0.2) is 5.92 Å². The van der Waals surface area contributed by atoms with Gasteiger partial charge in [0.2, 0.25) is 0 Å². The van der Waals surface area contributed by atoms with Crippen molar-refractivity contribution in [3.63, 3.8) is 0 Å². The van der Waals surface area contributed by atoms with E-state index >= 15 is 0 Å². The van der Waals surface area contributed by atoms with E-state index in [9.17, 15) is 0 Å². The van der Waals surface area contributed by atoms with Crippen molar-refractivity contribution in [2.75, 3.05) is 0 Å². The van der Waals surface area contributed by atoms with Crippen molar-refractivity contribution in [3.05, 3.63) is 112 Å². The molecule has 3 aromatic rings. The summed E-state index contributed by atoms with van der Waals surface area (Å²) in [7, 11) is 0. The van der Waals surface area contributed by atoms with Crippen molar-refractivity contribution in [2.45, 2.75) is 75.4 Å². The van der Waals surface area contributed by atoms with E-state index in [1.807, 2.05) is 0 Å². The van der Waals surface area contributed by atoms with Crippen LogP contribution in [0.25, 0.3) is 12.2 Å². The van der Waals surface area contributed by atoms with Crippen molar-refractivity contribution in [1.82, 2.24) is 0 Å². The maximum atomic E-state index is 2.81. The van der Waals surface area contributed by atoms with Crippen LogP contribution in [0.1, 0.15) is 82.9 Å². The third kappa shape index (κ3) is 4.18. The Bertz CT molecular complexity index is 1240. The summed E-state index contributed by atoms with van der Waals surface area (Å²) in [5.74, 6) is -1.38. The molecule has 193 valence electrons. The van der Waals surface area contributed by atoms with Crippen LogP contribution in [0.2, 0.25) is 14.8 Å². The third-order valence-electron chi connectivity index (χ3n) is 10.5. The fourth-order valence-corrected chi connectivity index (χ4v) is 63.4. The van der Waals surface area contributed by atoms with Gasteiger partial charge in [-0.1, -0.05) is 0 Å². The van der Waals surface area contributed by atoms with E-state index in [4.69, 9.17) is 0 Å². The molecule has 0 bridgehead atoms. The van der Waals surface area contributed by atoms with E-state index in [2.05, 4.69) is 125 Å². The maximum absolute atomic E-state index is 3.89. The van der Waals surface area contributed by atoms with Gasteiger partial charge in [0, 0.05) is 0 Å². The fourth-order valence-electron chi connectivity index (χ4n) is 9.11. The van der Waals surface area contributed by atoms with Gasteiger partial charge in [0.1, 0.15) is 0 Å². The van der Waals surface area contributed by atoms with Gasteiger partial charge in [-0.3, -0.25) is 0 Å². The molecule has 2 heteroatoms. The number of fused-ring (bicyclic) bond motifs is 2. The standard InChI is InChI=1S/2C10H9.C7H9Si.2C4H9.Zr/c2*1-8-6-9-4-2-3-5-10(9)7-8;1-8-7-5-3-2-4-6-7;2*1-3-4-2;/h2*2-7H,1H3;2-6,8H,1H3;2*1,3-4H2,2H3;. The van der Waals surface area contributed by atoms with Crippen LogP contribution < -0.4 is 5.19 Å². The van der Waals surface area contributed by atoms with Crippen molar-refractivity contribution in [3.8, 4) is 0 Å². The molecule has 3 aromatic carbocycles. The van der Waals surface area contributed by atoms with Gasteiger partial charge in [-0.15, -0.1) is 0 Å². The monoisotopic (exact) mass is 583 g/mol. The van der Waals surface area contributed by atoms with Gasteiger partial charge >= 0.3 is 229 Å². The molecule has 0 radical (unpaired) electrons. The van der Waals surface area contributed by atoms with Crippen LogP contribution in [-0.2, 0) is 17.9 Å². The van der Waals surface area contributed by atoms with Crippen molar-refractivity contribution >= 4 is 23.3 Å². The average Bonchev–Trinajstić information content (AvgIpc) is 3.46. The van der Waals surface area contributed by atoms with Gasteiger partial charge in [-0.05, 0) is 0 Å². The molecule has 0 nitrogen and oxygen atoms in total. The normalized spacial score (nSPS) is 20.4. The Kier molecular flexibility index (Phi) is 7.82. The first kappa shape index (κ1) is 26.8. The summed E-state index contributed by atoms with van der Waals surface area (Å²) in [4.78, 5) is 0. The van der Waals surface area contributed by atoms with Gasteiger partial charge in [-0.25, -0.2) is 0 Å². The summed E-state index contributed by atoms with van der Waals surface area (Å²) < 4.78 is 4.29. The summed E-state index contributed by atoms with van der Waals surface area (Å²) in [6.45, 7) is 12.7. The molecule has 0 saturated carbocycles. The fraction of sp³-hybridized carbons (Fsp3) is 0.371. The molecule has 0 saturated heterocycles. The van der Waals surface area contributed by atoms with Gasteiger partial charge < -0.3 is 0 Å². The quantitative estimate of drug-likeness (QED) is 0.208. The summed E-state index contributed by atoms with van der Waals surface area (Å²) in [6.07, 6.45) is 10.5. The number of rotatable bonds is 10. The molecule has 3 unspecified atom stereocenters. The van der Waals surface area contributed by atoms with Gasteiger partial charge in [0.05, 0.1) is 0 Å². The van der Waals surface area contributed by atoms with E-state index in [1.165, 1.54) is 45.1 Å². The SMILES string of the molecule is CCC[CH2][Zr]([CH2]CCC)([CH]1C(C)=Cc2ccccc21)([CH]1C(C)=Cc2ccccc21)[SiH](C)c1ccccc1. The van der Waals surface area contributed by atoms with Gasteiger partial charge in [0.15, 0.2) is 0 Å². The van der Waals surface area contributed by atoms with Crippen LogP contribution in [0.3, 0.4) is 0 Å². The third-order valence-corrected chi connectivity index (χ3v) is 59.1. The average molecular weight is 585 g/mol. The van der Waals surface area contributed by atoms with E-state index in [1.54, 1.807) is 27.5 Å². The van der Waals surface area contributed by atoms with Crippen LogP contribution >= 0.6 is 0 Å². The summed E-state index contributed by atoms with van der Waals surface area (Å²) >= 11 is -3.89. The zero-order valence-corrected chi connectivity index (χ0v) is 27.2. The van der Waals surface area contributed by atoms with Crippen molar-refractivity contribution < 1.29 is 17.9 Å². The van der Waals surface area contributed by atoms with E-state index in [0.717, 1.165) is 0 Å². The molecule has 0 aliphatic heterocycles. The predicted molar refractivity (Wildman–Crippen MR) is 164 cm³/mol. The number of hydrogen-bond donors (Lipinski definition) is 0. The van der Waals surface area contributed by atoms with E-state index in [0.29, 0.717) is 7.25 Å². The Hall–Kier alpha value is -1.76. The minimum atomic E-state index is -3.89. The van der Waals surface area contributed by atoms with Gasteiger partial charge in [-0.2, -0.15) is 0 Å². The summed E-state index contributed by atoms with van der Waals surface area (Å²) in [5.41, 5.74) is 9.69. The molecule has 3 atom stereocenters. The molecule has 0 fully saturated rings. The van der Waals surface area contributed by atoms with Crippen LogP contribution in [0.4, 0.5) is 0 Å². The predicted octanol–water partition coefficient (Wildman–Crippen LogP) is 9.69. The molecule has 5 rings (SSSR count). The van der Waals surface area contributed by atoms with Gasteiger partial charge in [0.25, 0.3) is 0 Å². The minimum absolute atomic E-state index is 0.650. The molecule has 37 heavy (non-hydrogen) atoms. The zero-order valence-electron chi connectivity index (χ0n) is 23.6. The molecule has 2 aliphatic carbocycles. The second-order valence-corrected chi connectivity index (χ2v) is 44.5. The van der Waals surface area contributed by atoms with Crippen LogP contribution in [0.5, 0.6) is 0 Å². The number of hydrogen-bond acceptors (Lipinski definition) is 0. The Morgan fingerprint density at radius 2 is 1.05 bits per heavy atom. The molecular weight excluding hydrogens is 540 g/mol. The summed E-state index contributed by atoms with van der Waals surface area (Å²) in [5, 5.41) is 1.72. The number of allylic oxidation sites excluding steroid dienone is 2. The first-order valence-electron chi connectivity index (χ1n) is 14.7. The Morgan fingerprint density at radius 1 is 0.622 bits per heavy atom. The van der Waals surface area contributed by atoms with Crippen molar-refractivity contribution in [1.29, 1.82) is 0 Å². The number of benzene rings is 3. The second-order valence-electron chi connectivity index (χ2n) is 12.2. The van der Waals surface area contributed by atoms with E-state index < -0.39 is 23.9 Å². The van der Waals surface area contributed by atoms with Crippen LogP contribution in [0.15, 0.2) is 90.0 Å². The molecule has 0 heterocycles. The zero-order chi connectivity index (χ0) is 26.1. The van der Waals surface area contributed by atoms with E-state index in [-0.39, 0.29) is 0 Å². The van der Waals surface area contributed by atoms with Crippen LogP contribution in [0, 0.1) is 0 Å². The first-order chi connectivity index (χ1) is 18.0. The summed E-state index contributed by atoms with van der Waals surface area (Å²) in [6, 6.07) is 30.9. The Morgan fingerprint density at radius 3 is 1.51 bits per heavy atom. The molecule has 0 aromatic heterocycles. The number of unbranched alkanes of at least 4 members (excludes halogenated alkanes) is 2. The first-order valence-corrected chi connectivity index (χ1v) is 27.6. The molecule has 2 aliphatic rings. The molecule has 0 N–H and O–H groups in total. The Labute approximate surface area is 227 Å². The molecule has 0 amide bonds.